The van der Waals surface area contributed by atoms with Crippen LogP contribution in [-0.2, 0) is 14.3 Å². The Balaban J connectivity index is 1.85. The summed E-state index contributed by atoms with van der Waals surface area (Å²) in [5, 5.41) is 0. The number of hydrogen-bond donors (Lipinski definition) is 0. The van der Waals surface area contributed by atoms with Crippen LogP contribution in [0.1, 0.15) is 26.0 Å². The highest BCUT2D eigenvalue weighted by atomic mass is 16.6. The number of aromatic nitrogens is 2. The van der Waals surface area contributed by atoms with Gasteiger partial charge in [0.2, 0.25) is 0 Å². The zero-order valence-corrected chi connectivity index (χ0v) is 10.7. The smallest absolute Gasteiger partial charge is 0.349 e. The first kappa shape index (κ1) is 13.7. The largest absolute Gasteiger partial charge is 0.463 e. The predicted molar refractivity (Wildman–Crippen MR) is 66.9 cm³/mol. The third-order valence-electron chi connectivity index (χ3n) is 2.68. The lowest BCUT2D eigenvalue weighted by Gasteiger charge is -2.15. The van der Waals surface area contributed by atoms with Crippen LogP contribution in [0.15, 0.2) is 23.3 Å². The van der Waals surface area contributed by atoms with Crippen molar-refractivity contribution in [3.63, 3.8) is 0 Å². The van der Waals surface area contributed by atoms with Crippen LogP contribution in [0.4, 0.5) is 0 Å². The van der Waals surface area contributed by atoms with Crippen molar-refractivity contribution in [2.24, 2.45) is 0 Å². The van der Waals surface area contributed by atoms with Crippen molar-refractivity contribution in [1.29, 1.82) is 0 Å². The summed E-state index contributed by atoms with van der Waals surface area (Å²) >= 11 is 0. The minimum atomic E-state index is -0.490. The number of carbonyl (C=O) groups is 1. The highest BCUT2D eigenvalue weighted by Gasteiger charge is 2.28. The fourth-order valence-electron chi connectivity index (χ4n) is 1.76. The van der Waals surface area contributed by atoms with E-state index in [4.69, 9.17) is 9.47 Å². The lowest BCUT2D eigenvalue weighted by atomic mass is 10.2. The molecule has 1 aromatic heterocycles. The van der Waals surface area contributed by atoms with Crippen LogP contribution in [0, 0.1) is 12.8 Å². The maximum atomic E-state index is 11.5. The third kappa shape index (κ3) is 3.64. The summed E-state index contributed by atoms with van der Waals surface area (Å²) in [6.07, 6.45) is 6.92. The van der Waals surface area contributed by atoms with Crippen molar-refractivity contribution in [3.8, 4) is 0 Å². The Bertz CT molecular complexity index is 486. The Labute approximate surface area is 111 Å². The van der Waals surface area contributed by atoms with Crippen LogP contribution in [0.25, 0.3) is 0 Å². The molecule has 0 saturated carbocycles. The summed E-state index contributed by atoms with van der Waals surface area (Å²) in [6, 6.07) is 1.66. The fourth-order valence-corrected chi connectivity index (χ4v) is 1.76. The van der Waals surface area contributed by atoms with Crippen molar-refractivity contribution in [2.45, 2.75) is 32.1 Å². The molecule has 19 heavy (non-hydrogen) atoms. The number of carbonyl (C=O) groups excluding carboxylic acids is 1. The SMILES string of the molecule is CCCC(=O)OC[C@H]1[CH][CH][C@H](n2cccnc2=O)O1. The van der Waals surface area contributed by atoms with Crippen molar-refractivity contribution in [1.82, 2.24) is 9.55 Å². The van der Waals surface area contributed by atoms with Crippen LogP contribution in [0.2, 0.25) is 0 Å². The topological polar surface area (TPSA) is 70.4 Å². The zero-order valence-electron chi connectivity index (χ0n) is 10.7. The van der Waals surface area contributed by atoms with Gasteiger partial charge in [0.1, 0.15) is 12.8 Å². The molecule has 0 amide bonds. The standard InChI is InChI=1S/C13H16N2O4/c1-2-4-12(16)18-9-10-5-6-11(19-10)15-8-3-7-14-13(15)17/h3,5-8,10-11H,2,4,9H2,1H3/t10-,11-/m1/s1. The molecule has 0 aliphatic carbocycles. The van der Waals surface area contributed by atoms with E-state index in [0.29, 0.717) is 6.42 Å². The Hall–Kier alpha value is -1.69. The van der Waals surface area contributed by atoms with E-state index in [-0.39, 0.29) is 24.4 Å². The summed E-state index contributed by atoms with van der Waals surface area (Å²) in [5.41, 5.74) is -0.374. The number of rotatable bonds is 5. The second-order valence-corrected chi connectivity index (χ2v) is 4.19. The van der Waals surface area contributed by atoms with Gasteiger partial charge < -0.3 is 9.47 Å². The summed E-state index contributed by atoms with van der Waals surface area (Å²) < 4.78 is 12.0. The highest BCUT2D eigenvalue weighted by molar-refractivity contribution is 5.69. The maximum absolute atomic E-state index is 11.5. The Morgan fingerprint density at radius 2 is 2.37 bits per heavy atom. The predicted octanol–water partition coefficient (Wildman–Crippen LogP) is 0.893. The van der Waals surface area contributed by atoms with Crippen molar-refractivity contribution in [3.05, 3.63) is 41.8 Å². The van der Waals surface area contributed by atoms with Gasteiger partial charge in [0.05, 0.1) is 6.10 Å². The van der Waals surface area contributed by atoms with Crippen molar-refractivity contribution in [2.75, 3.05) is 6.61 Å². The molecule has 6 nitrogen and oxygen atoms in total. The summed E-state index contributed by atoms with van der Waals surface area (Å²) in [6.45, 7) is 2.08. The monoisotopic (exact) mass is 264 g/mol. The summed E-state index contributed by atoms with van der Waals surface area (Å²) in [4.78, 5) is 26.4. The van der Waals surface area contributed by atoms with E-state index < -0.39 is 6.23 Å². The Kier molecular flexibility index (Phi) is 4.68. The van der Waals surface area contributed by atoms with Crippen LogP contribution in [0.5, 0.6) is 0 Å². The van der Waals surface area contributed by atoms with Gasteiger partial charge in [-0.25, -0.2) is 9.78 Å². The van der Waals surface area contributed by atoms with Gasteiger partial charge in [-0.1, -0.05) is 6.92 Å². The third-order valence-corrected chi connectivity index (χ3v) is 2.68. The van der Waals surface area contributed by atoms with Gasteiger partial charge >= 0.3 is 11.7 Å². The second kappa shape index (κ2) is 6.47. The van der Waals surface area contributed by atoms with Gasteiger partial charge in [-0.15, -0.1) is 0 Å². The summed E-state index contributed by atoms with van der Waals surface area (Å²) in [5.74, 6) is -0.235. The van der Waals surface area contributed by atoms with Gasteiger partial charge in [0, 0.05) is 31.7 Å². The van der Waals surface area contributed by atoms with Crippen molar-refractivity contribution < 1.29 is 14.3 Å². The van der Waals surface area contributed by atoms with Gasteiger partial charge in [-0.05, 0) is 12.5 Å². The maximum Gasteiger partial charge on any atom is 0.349 e. The van der Waals surface area contributed by atoms with Crippen LogP contribution in [0.3, 0.4) is 0 Å². The first-order chi connectivity index (χ1) is 9.20. The highest BCUT2D eigenvalue weighted by Crippen LogP contribution is 2.25. The molecule has 1 aliphatic rings. The van der Waals surface area contributed by atoms with Gasteiger partial charge in [0.15, 0.2) is 0 Å². The molecule has 2 atom stereocenters. The molecular weight excluding hydrogens is 248 g/mol. The molecule has 6 heteroatoms. The number of esters is 1. The number of ether oxygens (including phenoxy) is 2. The van der Waals surface area contributed by atoms with Gasteiger partial charge in [-0.3, -0.25) is 9.36 Å². The Morgan fingerprint density at radius 3 is 3.11 bits per heavy atom. The van der Waals surface area contributed by atoms with E-state index in [1.54, 1.807) is 25.1 Å². The molecular formula is C13H16N2O4. The van der Waals surface area contributed by atoms with Crippen molar-refractivity contribution >= 4 is 5.97 Å². The first-order valence-corrected chi connectivity index (χ1v) is 6.23. The molecule has 1 aliphatic heterocycles. The average molecular weight is 264 g/mol. The molecule has 0 bridgehead atoms. The van der Waals surface area contributed by atoms with E-state index in [1.807, 2.05) is 6.92 Å². The second-order valence-electron chi connectivity index (χ2n) is 4.19. The van der Waals surface area contributed by atoms with Crippen LogP contribution in [-0.4, -0.2) is 28.2 Å². The van der Waals surface area contributed by atoms with Gasteiger partial charge in [-0.2, -0.15) is 0 Å². The average Bonchev–Trinajstić information content (AvgIpc) is 2.86. The molecule has 102 valence electrons. The molecule has 2 heterocycles. The number of nitrogens with zero attached hydrogens (tertiary/aromatic N) is 2. The van der Waals surface area contributed by atoms with Crippen LogP contribution >= 0.6 is 0 Å². The lowest BCUT2D eigenvalue weighted by Crippen LogP contribution is -2.27. The molecule has 2 rings (SSSR count). The van der Waals surface area contributed by atoms with E-state index in [2.05, 4.69) is 4.98 Å². The fraction of sp³-hybridized carbons (Fsp3) is 0.462. The molecule has 2 radical (unpaired) electrons. The molecule has 1 fully saturated rings. The zero-order chi connectivity index (χ0) is 13.7. The van der Waals surface area contributed by atoms with E-state index in [9.17, 15) is 9.59 Å². The first-order valence-electron chi connectivity index (χ1n) is 6.23. The molecule has 1 saturated heterocycles. The molecule has 0 aromatic carbocycles. The molecule has 1 aromatic rings. The molecule has 0 spiro atoms. The van der Waals surface area contributed by atoms with E-state index >= 15 is 0 Å². The summed E-state index contributed by atoms with van der Waals surface area (Å²) in [7, 11) is 0. The van der Waals surface area contributed by atoms with E-state index in [1.165, 1.54) is 10.8 Å². The quantitative estimate of drug-likeness (QED) is 0.739. The minimum Gasteiger partial charge on any atom is -0.463 e. The molecule has 0 unspecified atom stereocenters. The Morgan fingerprint density at radius 1 is 1.53 bits per heavy atom. The van der Waals surface area contributed by atoms with Gasteiger partial charge in [0.25, 0.3) is 0 Å². The normalized spacial score (nSPS) is 22.4. The van der Waals surface area contributed by atoms with Crippen LogP contribution < -0.4 is 5.69 Å². The number of hydrogen-bond acceptors (Lipinski definition) is 5. The minimum absolute atomic E-state index is 0.168. The van der Waals surface area contributed by atoms with E-state index in [0.717, 1.165) is 6.42 Å². The lowest BCUT2D eigenvalue weighted by molar-refractivity contribution is -0.147. The molecule has 0 N–H and O–H groups in total.